The lowest BCUT2D eigenvalue weighted by Crippen LogP contribution is -2.20. The van der Waals surface area contributed by atoms with E-state index in [1.165, 1.54) is 11.1 Å². The first kappa shape index (κ1) is 21.6. The largest absolute Gasteiger partial charge is 0.478 e. The van der Waals surface area contributed by atoms with Gasteiger partial charge in [0.1, 0.15) is 0 Å². The van der Waals surface area contributed by atoms with Crippen LogP contribution in [-0.2, 0) is 19.4 Å². The van der Waals surface area contributed by atoms with Gasteiger partial charge >= 0.3 is 5.97 Å². The van der Waals surface area contributed by atoms with Gasteiger partial charge in [0, 0.05) is 17.3 Å². The van der Waals surface area contributed by atoms with E-state index in [0.29, 0.717) is 18.4 Å². The van der Waals surface area contributed by atoms with E-state index in [2.05, 4.69) is 37.0 Å². The van der Waals surface area contributed by atoms with Crippen LogP contribution in [0.5, 0.6) is 0 Å². The standard InChI is InChI=1S/C27H23NO3S/c1-3-20-7-4-5-8-21(20)9-6-10-23-15-24-25(32-23)18(2)16-28(26(24)29)17-19-11-13-22(14-12-19)27(30)31/h4-5,7-8,11-16H,3,9,17H2,1-2H3,(H,30,31). The van der Waals surface area contributed by atoms with Crippen molar-refractivity contribution in [1.82, 2.24) is 4.57 Å². The van der Waals surface area contributed by atoms with E-state index < -0.39 is 5.97 Å². The lowest BCUT2D eigenvalue weighted by molar-refractivity contribution is 0.0697. The van der Waals surface area contributed by atoms with E-state index in [0.717, 1.165) is 27.1 Å². The topological polar surface area (TPSA) is 59.3 Å². The second-order valence-electron chi connectivity index (χ2n) is 7.70. The van der Waals surface area contributed by atoms with Gasteiger partial charge in [0.05, 0.1) is 22.4 Å². The third-order valence-corrected chi connectivity index (χ3v) is 6.66. The fraction of sp³-hybridized carbons (Fsp3) is 0.185. The van der Waals surface area contributed by atoms with Crippen LogP contribution < -0.4 is 5.56 Å². The Bertz CT molecular complexity index is 1420. The molecule has 1 N–H and O–H groups in total. The van der Waals surface area contributed by atoms with E-state index >= 15 is 0 Å². The second kappa shape index (κ2) is 9.25. The van der Waals surface area contributed by atoms with Gasteiger partial charge in [0.2, 0.25) is 0 Å². The summed E-state index contributed by atoms with van der Waals surface area (Å²) in [5.41, 5.74) is 4.63. The zero-order valence-electron chi connectivity index (χ0n) is 18.0. The minimum atomic E-state index is -0.962. The van der Waals surface area contributed by atoms with Gasteiger partial charge in [-0.3, -0.25) is 4.79 Å². The molecular formula is C27H23NO3S. The first-order valence-electron chi connectivity index (χ1n) is 10.5. The molecule has 0 saturated carbocycles. The van der Waals surface area contributed by atoms with Gasteiger partial charge in [-0.1, -0.05) is 55.2 Å². The van der Waals surface area contributed by atoms with Crippen molar-refractivity contribution in [2.75, 3.05) is 0 Å². The number of carboxylic acid groups (broad SMARTS) is 1. The van der Waals surface area contributed by atoms with E-state index in [4.69, 9.17) is 5.11 Å². The Kier molecular flexibility index (Phi) is 6.25. The molecular weight excluding hydrogens is 418 g/mol. The van der Waals surface area contributed by atoms with Crippen molar-refractivity contribution >= 4 is 27.4 Å². The molecule has 0 atom stereocenters. The van der Waals surface area contributed by atoms with Gasteiger partial charge in [-0.25, -0.2) is 4.79 Å². The minimum Gasteiger partial charge on any atom is -0.478 e. The number of nitrogens with zero attached hydrogens (tertiary/aromatic N) is 1. The molecule has 0 aliphatic heterocycles. The molecule has 4 nitrogen and oxygen atoms in total. The summed E-state index contributed by atoms with van der Waals surface area (Å²) in [6.07, 6.45) is 3.54. The summed E-state index contributed by atoms with van der Waals surface area (Å²) in [7, 11) is 0. The Morgan fingerprint density at radius 2 is 1.81 bits per heavy atom. The fourth-order valence-corrected chi connectivity index (χ4v) is 4.77. The molecule has 0 fully saturated rings. The molecule has 2 aromatic heterocycles. The quantitative estimate of drug-likeness (QED) is 0.429. The smallest absolute Gasteiger partial charge is 0.335 e. The van der Waals surface area contributed by atoms with Crippen LogP contribution in [0.2, 0.25) is 0 Å². The van der Waals surface area contributed by atoms with Crippen LogP contribution >= 0.6 is 11.3 Å². The highest BCUT2D eigenvalue weighted by Crippen LogP contribution is 2.26. The van der Waals surface area contributed by atoms with Crippen LogP contribution in [0.15, 0.2) is 65.6 Å². The lowest BCUT2D eigenvalue weighted by atomic mass is 10.0. The molecule has 2 aromatic carbocycles. The maximum Gasteiger partial charge on any atom is 0.335 e. The highest BCUT2D eigenvalue weighted by Gasteiger charge is 2.11. The number of rotatable bonds is 5. The molecule has 32 heavy (non-hydrogen) atoms. The van der Waals surface area contributed by atoms with Crippen molar-refractivity contribution in [3.05, 3.63) is 104 Å². The van der Waals surface area contributed by atoms with Crippen LogP contribution in [0.4, 0.5) is 0 Å². The van der Waals surface area contributed by atoms with E-state index in [1.54, 1.807) is 40.2 Å². The lowest BCUT2D eigenvalue weighted by Gasteiger charge is -2.08. The fourth-order valence-electron chi connectivity index (χ4n) is 3.78. The molecule has 4 aromatic rings. The maximum absolute atomic E-state index is 13.1. The average molecular weight is 442 g/mol. The van der Waals surface area contributed by atoms with Crippen LogP contribution in [0.25, 0.3) is 10.1 Å². The molecule has 0 bridgehead atoms. The third kappa shape index (κ3) is 4.51. The number of aryl methyl sites for hydroxylation is 2. The molecule has 2 heterocycles. The summed E-state index contributed by atoms with van der Waals surface area (Å²) in [4.78, 5) is 25.0. The van der Waals surface area contributed by atoms with Crippen molar-refractivity contribution in [2.24, 2.45) is 0 Å². The maximum atomic E-state index is 13.1. The number of carboxylic acids is 1. The van der Waals surface area contributed by atoms with Crippen LogP contribution in [-0.4, -0.2) is 15.6 Å². The molecule has 0 saturated heterocycles. The first-order valence-corrected chi connectivity index (χ1v) is 11.3. The summed E-state index contributed by atoms with van der Waals surface area (Å²) >= 11 is 1.55. The zero-order chi connectivity index (χ0) is 22.7. The molecule has 5 heteroatoms. The normalized spacial score (nSPS) is 10.7. The Hall–Kier alpha value is -3.62. The third-order valence-electron chi connectivity index (χ3n) is 5.47. The van der Waals surface area contributed by atoms with Gasteiger partial charge in [-0.2, -0.15) is 0 Å². The molecule has 160 valence electrons. The van der Waals surface area contributed by atoms with E-state index in [1.807, 2.05) is 25.3 Å². The Morgan fingerprint density at radius 1 is 1.09 bits per heavy atom. The number of carbonyl (C=O) groups is 1. The molecule has 0 spiro atoms. The predicted molar refractivity (Wildman–Crippen MR) is 130 cm³/mol. The van der Waals surface area contributed by atoms with Gasteiger partial charge in [0.25, 0.3) is 5.56 Å². The number of aromatic carboxylic acids is 1. The van der Waals surface area contributed by atoms with E-state index in [9.17, 15) is 9.59 Å². The highest BCUT2D eigenvalue weighted by atomic mass is 32.1. The van der Waals surface area contributed by atoms with Gasteiger partial charge in [-0.05, 0) is 53.8 Å². The predicted octanol–water partition coefficient (Wildman–Crippen LogP) is 5.27. The zero-order valence-corrected chi connectivity index (χ0v) is 18.8. The molecule has 0 radical (unpaired) electrons. The molecule has 0 amide bonds. The number of hydrogen-bond donors (Lipinski definition) is 1. The summed E-state index contributed by atoms with van der Waals surface area (Å²) in [5.74, 6) is 5.54. The number of aromatic nitrogens is 1. The van der Waals surface area contributed by atoms with Crippen molar-refractivity contribution < 1.29 is 9.90 Å². The number of thiophene rings is 1. The van der Waals surface area contributed by atoms with Crippen molar-refractivity contribution in [2.45, 2.75) is 33.2 Å². The second-order valence-corrected chi connectivity index (χ2v) is 8.75. The van der Waals surface area contributed by atoms with Crippen LogP contribution in [0.3, 0.4) is 0 Å². The monoisotopic (exact) mass is 441 g/mol. The Balaban J connectivity index is 1.61. The molecule has 0 aliphatic carbocycles. The minimum absolute atomic E-state index is 0.0615. The van der Waals surface area contributed by atoms with Gasteiger partial charge in [-0.15, -0.1) is 11.3 Å². The molecule has 0 unspecified atom stereocenters. The van der Waals surface area contributed by atoms with Gasteiger partial charge in [0.15, 0.2) is 0 Å². The number of pyridine rings is 1. The van der Waals surface area contributed by atoms with Crippen LogP contribution in [0.1, 0.15) is 44.4 Å². The Labute approximate surface area is 190 Å². The summed E-state index contributed by atoms with van der Waals surface area (Å²) in [6, 6.07) is 16.8. The summed E-state index contributed by atoms with van der Waals surface area (Å²) < 4.78 is 2.64. The number of hydrogen-bond acceptors (Lipinski definition) is 3. The summed E-state index contributed by atoms with van der Waals surface area (Å²) in [6.45, 7) is 4.53. The number of benzene rings is 2. The molecule has 0 aliphatic rings. The van der Waals surface area contributed by atoms with Crippen LogP contribution in [0, 0.1) is 18.8 Å². The average Bonchev–Trinajstić information content (AvgIpc) is 3.23. The van der Waals surface area contributed by atoms with Crippen molar-refractivity contribution in [1.29, 1.82) is 0 Å². The summed E-state index contributed by atoms with van der Waals surface area (Å²) in [5, 5.41) is 9.73. The van der Waals surface area contributed by atoms with E-state index in [-0.39, 0.29) is 11.1 Å². The van der Waals surface area contributed by atoms with Gasteiger partial charge < -0.3 is 9.67 Å². The SMILES string of the molecule is CCc1ccccc1CC#Cc1cc2c(=O)n(Cc3ccc(C(=O)O)cc3)cc(C)c2s1. The van der Waals surface area contributed by atoms with Crippen molar-refractivity contribution in [3.63, 3.8) is 0 Å². The van der Waals surface area contributed by atoms with Crippen molar-refractivity contribution in [3.8, 4) is 11.8 Å². The first-order chi connectivity index (χ1) is 15.5. The number of fused-ring (bicyclic) bond motifs is 1. The molecule has 4 rings (SSSR count). The highest BCUT2D eigenvalue weighted by molar-refractivity contribution is 7.19. The Morgan fingerprint density at radius 3 is 2.50 bits per heavy atom.